The summed E-state index contributed by atoms with van der Waals surface area (Å²) in [6.07, 6.45) is 0. The van der Waals surface area contributed by atoms with Crippen LogP contribution in [0.25, 0.3) is 0 Å². The lowest BCUT2D eigenvalue weighted by Crippen LogP contribution is -2.13. The fraction of sp³-hybridized carbons (Fsp3) is 0.300. The quantitative estimate of drug-likeness (QED) is 0.845. The highest BCUT2D eigenvalue weighted by atomic mass is 79.9. The van der Waals surface area contributed by atoms with E-state index >= 15 is 0 Å². The van der Waals surface area contributed by atoms with E-state index < -0.39 is 0 Å². The highest BCUT2D eigenvalue weighted by Gasteiger charge is 2.08. The number of hydrogen-bond donors (Lipinski definition) is 1. The Morgan fingerprint density at radius 3 is 2.33 bits per heavy atom. The molecule has 0 atom stereocenters. The van der Waals surface area contributed by atoms with E-state index in [1.807, 2.05) is 0 Å². The molecule has 0 saturated heterocycles. The Morgan fingerprint density at radius 2 is 1.87 bits per heavy atom. The predicted octanol–water partition coefficient (Wildman–Crippen LogP) is 1.42. The van der Waals surface area contributed by atoms with E-state index in [2.05, 4.69) is 0 Å². The van der Waals surface area contributed by atoms with Gasteiger partial charge < -0.3 is 15.2 Å². The van der Waals surface area contributed by atoms with Gasteiger partial charge in [-0.2, -0.15) is 0 Å². The van der Waals surface area contributed by atoms with Gasteiger partial charge in [0, 0.05) is 5.56 Å². The van der Waals surface area contributed by atoms with Gasteiger partial charge in [-0.1, -0.05) is 0 Å². The van der Waals surface area contributed by atoms with Crippen LogP contribution in [0.15, 0.2) is 18.2 Å². The molecule has 1 aromatic carbocycles. The normalized spacial score (nSPS) is 9.00. The van der Waals surface area contributed by atoms with Gasteiger partial charge in [0.25, 0.3) is 0 Å². The summed E-state index contributed by atoms with van der Waals surface area (Å²) in [6, 6.07) is 4.96. The van der Waals surface area contributed by atoms with Crippen LogP contribution in [0.3, 0.4) is 0 Å². The Morgan fingerprint density at radius 1 is 1.27 bits per heavy atom. The predicted molar refractivity (Wildman–Crippen MR) is 63.3 cm³/mol. The lowest BCUT2D eigenvalue weighted by Gasteiger charge is -2.08. The second-order valence-electron chi connectivity index (χ2n) is 2.70. The molecule has 0 spiro atoms. The minimum Gasteiger partial charge on any atom is -0.493 e. The van der Waals surface area contributed by atoms with Crippen LogP contribution in [0.1, 0.15) is 10.4 Å². The number of nitrogens with two attached hydrogens (primary N) is 1. The summed E-state index contributed by atoms with van der Waals surface area (Å²) >= 11 is 0. The van der Waals surface area contributed by atoms with Crippen LogP contribution >= 0.6 is 17.0 Å². The first-order valence-electron chi connectivity index (χ1n) is 4.18. The lowest BCUT2D eigenvalue weighted by atomic mass is 10.1. The first kappa shape index (κ1) is 13.9. The summed E-state index contributed by atoms with van der Waals surface area (Å²) in [7, 11) is 3.07. The average molecular weight is 276 g/mol. The second-order valence-corrected chi connectivity index (χ2v) is 2.70. The molecule has 0 bridgehead atoms. The van der Waals surface area contributed by atoms with Crippen molar-refractivity contribution in [2.24, 2.45) is 5.73 Å². The van der Waals surface area contributed by atoms with Gasteiger partial charge in [-0.05, 0) is 18.2 Å². The molecule has 0 aliphatic carbocycles. The molecule has 1 rings (SSSR count). The number of carbonyl (C=O) groups is 1. The molecule has 0 amide bonds. The molecule has 0 radical (unpaired) electrons. The van der Waals surface area contributed by atoms with Gasteiger partial charge in [-0.15, -0.1) is 17.0 Å². The molecule has 0 aliphatic rings. The zero-order chi connectivity index (χ0) is 10.6. The molecule has 0 aliphatic heterocycles. The van der Waals surface area contributed by atoms with E-state index in [1.165, 1.54) is 7.11 Å². The van der Waals surface area contributed by atoms with E-state index in [0.29, 0.717) is 17.1 Å². The van der Waals surface area contributed by atoms with Crippen LogP contribution in [0.5, 0.6) is 11.5 Å². The number of benzene rings is 1. The molecule has 1 aromatic rings. The Hall–Kier alpha value is -1.07. The molecule has 15 heavy (non-hydrogen) atoms. The third kappa shape index (κ3) is 3.21. The lowest BCUT2D eigenvalue weighted by molar-refractivity contribution is 0.100. The molecule has 2 N–H and O–H groups in total. The van der Waals surface area contributed by atoms with Crippen LogP contribution in [0, 0.1) is 0 Å². The zero-order valence-corrected chi connectivity index (χ0v) is 10.4. The fourth-order valence-corrected chi connectivity index (χ4v) is 1.13. The van der Waals surface area contributed by atoms with Gasteiger partial charge in [0.1, 0.15) is 0 Å². The number of rotatable bonds is 4. The summed E-state index contributed by atoms with van der Waals surface area (Å²) in [5, 5.41) is 0. The molecule has 0 aromatic heterocycles. The van der Waals surface area contributed by atoms with Gasteiger partial charge in [0.15, 0.2) is 17.3 Å². The highest BCUT2D eigenvalue weighted by Crippen LogP contribution is 2.27. The van der Waals surface area contributed by atoms with Crippen molar-refractivity contribution in [3.63, 3.8) is 0 Å². The van der Waals surface area contributed by atoms with Gasteiger partial charge in [-0.25, -0.2) is 0 Å². The van der Waals surface area contributed by atoms with Crippen molar-refractivity contribution < 1.29 is 14.3 Å². The maximum Gasteiger partial charge on any atom is 0.176 e. The maximum atomic E-state index is 11.3. The number of ketones is 1. The van der Waals surface area contributed by atoms with Gasteiger partial charge >= 0.3 is 0 Å². The molecule has 0 unspecified atom stereocenters. The molecule has 0 fully saturated rings. The molecular weight excluding hydrogens is 262 g/mol. The van der Waals surface area contributed by atoms with Crippen LogP contribution in [-0.4, -0.2) is 26.5 Å². The molecular formula is C10H14BrNO3. The van der Waals surface area contributed by atoms with Crippen LogP contribution in [0.4, 0.5) is 0 Å². The third-order valence-corrected chi connectivity index (χ3v) is 1.89. The van der Waals surface area contributed by atoms with Crippen molar-refractivity contribution in [3.05, 3.63) is 23.8 Å². The van der Waals surface area contributed by atoms with Crippen LogP contribution in [0.2, 0.25) is 0 Å². The monoisotopic (exact) mass is 275 g/mol. The minimum absolute atomic E-state index is 0. The first-order valence-corrected chi connectivity index (χ1v) is 4.18. The summed E-state index contributed by atoms with van der Waals surface area (Å²) in [5.41, 5.74) is 5.78. The van der Waals surface area contributed by atoms with E-state index in [4.69, 9.17) is 15.2 Å². The Kier molecular flexibility index (Phi) is 5.96. The topological polar surface area (TPSA) is 61.5 Å². The SMILES string of the molecule is Br.COc1ccc(C(=O)CN)cc1OC. The van der Waals surface area contributed by atoms with Gasteiger partial charge in [-0.3, -0.25) is 4.79 Å². The van der Waals surface area contributed by atoms with Crippen LogP contribution in [-0.2, 0) is 0 Å². The molecule has 84 valence electrons. The highest BCUT2D eigenvalue weighted by molar-refractivity contribution is 8.93. The summed E-state index contributed by atoms with van der Waals surface area (Å²) < 4.78 is 10.1. The average Bonchev–Trinajstić information content (AvgIpc) is 2.26. The van der Waals surface area contributed by atoms with E-state index in [9.17, 15) is 4.79 Å². The Labute approximate surface area is 99.1 Å². The summed E-state index contributed by atoms with van der Waals surface area (Å²) in [4.78, 5) is 11.3. The number of methoxy groups -OCH3 is 2. The molecule has 0 heterocycles. The van der Waals surface area contributed by atoms with Crippen molar-refractivity contribution in [1.82, 2.24) is 0 Å². The summed E-state index contributed by atoms with van der Waals surface area (Å²) in [6.45, 7) is -0.00448. The number of carbonyl (C=O) groups excluding carboxylic acids is 1. The van der Waals surface area contributed by atoms with Crippen molar-refractivity contribution in [2.75, 3.05) is 20.8 Å². The van der Waals surface area contributed by atoms with Gasteiger partial charge in [0.2, 0.25) is 0 Å². The molecule has 4 nitrogen and oxygen atoms in total. The Bertz CT molecular complexity index is 341. The van der Waals surface area contributed by atoms with E-state index in [1.54, 1.807) is 25.3 Å². The summed E-state index contributed by atoms with van der Waals surface area (Å²) in [5.74, 6) is 1.01. The molecule has 5 heteroatoms. The smallest absolute Gasteiger partial charge is 0.176 e. The van der Waals surface area contributed by atoms with Gasteiger partial charge in [0.05, 0.1) is 20.8 Å². The second kappa shape index (κ2) is 6.42. The van der Waals surface area contributed by atoms with Crippen LogP contribution < -0.4 is 15.2 Å². The number of halogens is 1. The van der Waals surface area contributed by atoms with E-state index in [-0.39, 0.29) is 29.3 Å². The van der Waals surface area contributed by atoms with Crippen molar-refractivity contribution in [3.8, 4) is 11.5 Å². The van der Waals surface area contributed by atoms with Crippen molar-refractivity contribution in [2.45, 2.75) is 0 Å². The maximum absolute atomic E-state index is 11.3. The van der Waals surface area contributed by atoms with E-state index in [0.717, 1.165) is 0 Å². The standard InChI is InChI=1S/C10H13NO3.BrH/c1-13-9-4-3-7(8(12)6-11)5-10(9)14-2;/h3-5H,6,11H2,1-2H3;1H. The minimum atomic E-state index is -0.119. The first-order chi connectivity index (χ1) is 6.72. The largest absolute Gasteiger partial charge is 0.493 e. The van der Waals surface area contributed by atoms with Crippen molar-refractivity contribution >= 4 is 22.8 Å². The Balaban J connectivity index is 0.00000196. The zero-order valence-electron chi connectivity index (χ0n) is 8.65. The third-order valence-electron chi connectivity index (χ3n) is 1.89. The fourth-order valence-electron chi connectivity index (χ4n) is 1.13. The van der Waals surface area contributed by atoms with Crippen molar-refractivity contribution in [1.29, 1.82) is 0 Å². The number of ether oxygens (including phenoxy) is 2. The molecule has 0 saturated carbocycles. The number of hydrogen-bond acceptors (Lipinski definition) is 4. The number of Topliss-reactive ketones (excluding diaryl/α,β-unsaturated/α-hetero) is 1.